The number of benzene rings is 1. The van der Waals surface area contributed by atoms with Crippen LogP contribution in [0.4, 0.5) is 0 Å². The standard InChI is InChI=1S/C14H18ClNO3/c1-3-9(2)16-13(17)8-10-6-11(15)14-12(7-10)18-4-5-19-14/h6-7,9H,3-5,8H2,1-2H3,(H,16,17). The molecule has 1 aliphatic rings. The van der Waals surface area contributed by atoms with E-state index in [4.69, 9.17) is 21.1 Å². The molecule has 0 radical (unpaired) electrons. The van der Waals surface area contributed by atoms with Gasteiger partial charge in [-0.25, -0.2) is 0 Å². The molecule has 0 aromatic heterocycles. The highest BCUT2D eigenvalue weighted by Gasteiger charge is 2.17. The number of nitrogens with one attached hydrogen (secondary N) is 1. The van der Waals surface area contributed by atoms with E-state index in [0.717, 1.165) is 12.0 Å². The lowest BCUT2D eigenvalue weighted by Crippen LogP contribution is -2.33. The van der Waals surface area contributed by atoms with Gasteiger partial charge in [0.05, 0.1) is 11.4 Å². The third-order valence-corrected chi connectivity index (χ3v) is 3.32. The fourth-order valence-electron chi connectivity index (χ4n) is 1.88. The molecule has 1 N–H and O–H groups in total. The minimum Gasteiger partial charge on any atom is -0.486 e. The molecule has 0 saturated heterocycles. The van der Waals surface area contributed by atoms with Gasteiger partial charge < -0.3 is 14.8 Å². The lowest BCUT2D eigenvalue weighted by molar-refractivity contribution is -0.121. The summed E-state index contributed by atoms with van der Waals surface area (Å²) < 4.78 is 10.9. The van der Waals surface area contributed by atoms with Gasteiger partial charge in [-0.2, -0.15) is 0 Å². The smallest absolute Gasteiger partial charge is 0.224 e. The largest absolute Gasteiger partial charge is 0.486 e. The molecular formula is C14H18ClNO3. The SMILES string of the molecule is CCC(C)NC(=O)Cc1cc(Cl)c2c(c1)OCCO2. The molecule has 1 atom stereocenters. The predicted octanol–water partition coefficient (Wildman–Crippen LogP) is 2.57. The number of ether oxygens (including phenoxy) is 2. The molecule has 0 spiro atoms. The monoisotopic (exact) mass is 283 g/mol. The zero-order valence-corrected chi connectivity index (χ0v) is 11.9. The van der Waals surface area contributed by atoms with Crippen molar-refractivity contribution in [3.63, 3.8) is 0 Å². The highest BCUT2D eigenvalue weighted by atomic mass is 35.5. The molecule has 19 heavy (non-hydrogen) atoms. The summed E-state index contributed by atoms with van der Waals surface area (Å²) in [7, 11) is 0. The minimum absolute atomic E-state index is 0.0119. The first-order valence-electron chi connectivity index (χ1n) is 6.47. The normalized spacial score (nSPS) is 14.9. The summed E-state index contributed by atoms with van der Waals surface area (Å²) in [5.41, 5.74) is 0.829. The number of halogens is 1. The van der Waals surface area contributed by atoms with Crippen LogP contribution in [0.25, 0.3) is 0 Å². The fraction of sp³-hybridized carbons (Fsp3) is 0.500. The Balaban J connectivity index is 2.09. The summed E-state index contributed by atoms with van der Waals surface area (Å²) in [5, 5.41) is 3.41. The quantitative estimate of drug-likeness (QED) is 0.924. The van der Waals surface area contributed by atoms with Crippen LogP contribution in [0.3, 0.4) is 0 Å². The molecule has 2 rings (SSSR count). The van der Waals surface area contributed by atoms with Crippen LogP contribution in [-0.4, -0.2) is 25.2 Å². The molecule has 1 aliphatic heterocycles. The van der Waals surface area contributed by atoms with Crippen molar-refractivity contribution in [3.8, 4) is 11.5 Å². The van der Waals surface area contributed by atoms with Crippen LogP contribution in [0, 0.1) is 0 Å². The van der Waals surface area contributed by atoms with E-state index in [1.165, 1.54) is 0 Å². The van der Waals surface area contributed by atoms with Gasteiger partial charge in [-0.15, -0.1) is 0 Å². The first kappa shape index (κ1) is 14.0. The predicted molar refractivity (Wildman–Crippen MR) is 74.0 cm³/mol. The summed E-state index contributed by atoms with van der Waals surface area (Å²) in [5.74, 6) is 1.17. The summed E-state index contributed by atoms with van der Waals surface area (Å²) in [6.45, 7) is 5.02. The van der Waals surface area contributed by atoms with Crippen molar-refractivity contribution in [1.29, 1.82) is 0 Å². The zero-order chi connectivity index (χ0) is 13.8. The van der Waals surface area contributed by atoms with Crippen LogP contribution in [0.2, 0.25) is 5.02 Å². The average Bonchev–Trinajstić information content (AvgIpc) is 2.38. The Morgan fingerprint density at radius 1 is 1.42 bits per heavy atom. The molecule has 1 amide bonds. The molecule has 4 nitrogen and oxygen atoms in total. The lowest BCUT2D eigenvalue weighted by atomic mass is 10.1. The van der Waals surface area contributed by atoms with E-state index in [0.29, 0.717) is 36.2 Å². The van der Waals surface area contributed by atoms with Gasteiger partial charge in [-0.05, 0) is 31.0 Å². The van der Waals surface area contributed by atoms with E-state index < -0.39 is 0 Å². The number of hydrogen-bond acceptors (Lipinski definition) is 3. The minimum atomic E-state index is -0.0119. The Bertz CT molecular complexity index is 476. The Morgan fingerprint density at radius 2 is 2.16 bits per heavy atom. The molecule has 1 heterocycles. The molecule has 0 bridgehead atoms. The van der Waals surface area contributed by atoms with Crippen molar-refractivity contribution in [2.45, 2.75) is 32.7 Å². The topological polar surface area (TPSA) is 47.6 Å². The summed E-state index contributed by atoms with van der Waals surface area (Å²) in [6.07, 6.45) is 1.20. The summed E-state index contributed by atoms with van der Waals surface area (Å²) >= 11 is 6.13. The van der Waals surface area contributed by atoms with Crippen molar-refractivity contribution in [2.24, 2.45) is 0 Å². The Kier molecular flexibility index (Phi) is 4.53. The first-order chi connectivity index (χ1) is 9.10. The molecular weight excluding hydrogens is 266 g/mol. The molecule has 0 saturated carbocycles. The van der Waals surface area contributed by atoms with E-state index in [9.17, 15) is 4.79 Å². The van der Waals surface area contributed by atoms with Crippen molar-refractivity contribution >= 4 is 17.5 Å². The second kappa shape index (κ2) is 6.15. The Morgan fingerprint density at radius 3 is 2.89 bits per heavy atom. The third-order valence-electron chi connectivity index (χ3n) is 3.04. The summed E-state index contributed by atoms with van der Waals surface area (Å²) in [6, 6.07) is 3.75. The average molecular weight is 284 g/mol. The van der Waals surface area contributed by atoms with Crippen molar-refractivity contribution in [2.75, 3.05) is 13.2 Å². The number of fused-ring (bicyclic) bond motifs is 1. The second-order valence-electron chi connectivity index (χ2n) is 4.66. The van der Waals surface area contributed by atoms with Gasteiger partial charge in [0.25, 0.3) is 0 Å². The van der Waals surface area contributed by atoms with E-state index in [1.807, 2.05) is 19.9 Å². The molecule has 0 fully saturated rings. The van der Waals surface area contributed by atoms with Crippen LogP contribution < -0.4 is 14.8 Å². The molecule has 1 aromatic carbocycles. The first-order valence-corrected chi connectivity index (χ1v) is 6.85. The maximum Gasteiger partial charge on any atom is 0.224 e. The molecule has 104 valence electrons. The fourth-order valence-corrected chi connectivity index (χ4v) is 2.17. The van der Waals surface area contributed by atoms with Crippen LogP contribution in [-0.2, 0) is 11.2 Å². The number of rotatable bonds is 4. The van der Waals surface area contributed by atoms with E-state index in [1.54, 1.807) is 6.07 Å². The van der Waals surface area contributed by atoms with E-state index in [-0.39, 0.29) is 11.9 Å². The third kappa shape index (κ3) is 3.53. The Hall–Kier alpha value is -1.42. The van der Waals surface area contributed by atoms with Gasteiger partial charge in [-0.3, -0.25) is 4.79 Å². The molecule has 1 unspecified atom stereocenters. The maximum atomic E-state index is 11.8. The highest BCUT2D eigenvalue weighted by Crippen LogP contribution is 2.38. The van der Waals surface area contributed by atoms with Crippen LogP contribution >= 0.6 is 11.6 Å². The number of hydrogen-bond donors (Lipinski definition) is 1. The van der Waals surface area contributed by atoms with Gasteiger partial charge in [0.2, 0.25) is 5.91 Å². The van der Waals surface area contributed by atoms with Gasteiger partial charge in [0, 0.05) is 6.04 Å². The zero-order valence-electron chi connectivity index (χ0n) is 11.2. The maximum absolute atomic E-state index is 11.8. The van der Waals surface area contributed by atoms with Crippen LogP contribution in [0.15, 0.2) is 12.1 Å². The highest BCUT2D eigenvalue weighted by molar-refractivity contribution is 6.32. The van der Waals surface area contributed by atoms with Crippen molar-refractivity contribution in [1.82, 2.24) is 5.32 Å². The second-order valence-corrected chi connectivity index (χ2v) is 5.06. The number of carbonyl (C=O) groups is 1. The number of carbonyl (C=O) groups excluding carboxylic acids is 1. The van der Waals surface area contributed by atoms with Crippen LogP contribution in [0.5, 0.6) is 11.5 Å². The van der Waals surface area contributed by atoms with Crippen LogP contribution in [0.1, 0.15) is 25.8 Å². The Labute approximate surface area is 118 Å². The van der Waals surface area contributed by atoms with Gasteiger partial charge in [0.15, 0.2) is 11.5 Å². The molecule has 5 heteroatoms. The van der Waals surface area contributed by atoms with Gasteiger partial charge in [0.1, 0.15) is 13.2 Å². The summed E-state index contributed by atoms with van der Waals surface area (Å²) in [4.78, 5) is 11.8. The van der Waals surface area contributed by atoms with E-state index in [2.05, 4.69) is 5.32 Å². The number of amides is 1. The van der Waals surface area contributed by atoms with Gasteiger partial charge in [-0.1, -0.05) is 18.5 Å². The molecule has 1 aromatic rings. The lowest BCUT2D eigenvalue weighted by Gasteiger charge is -2.20. The van der Waals surface area contributed by atoms with Gasteiger partial charge >= 0.3 is 0 Å². The van der Waals surface area contributed by atoms with E-state index >= 15 is 0 Å². The van der Waals surface area contributed by atoms with Crippen molar-refractivity contribution in [3.05, 3.63) is 22.7 Å². The van der Waals surface area contributed by atoms with Crippen molar-refractivity contribution < 1.29 is 14.3 Å². The molecule has 0 aliphatic carbocycles.